The average molecular weight is 526 g/mol. The number of nitrogens with one attached hydrogen (secondary N) is 2. The number of carbonyl (C=O) groups excluding carboxylic acids is 2. The molecule has 0 saturated carbocycles. The number of fused-ring (bicyclic) bond motifs is 2. The first-order valence-electron chi connectivity index (χ1n) is 11.8. The van der Waals surface area contributed by atoms with E-state index in [-0.39, 0.29) is 18.4 Å². The molecule has 0 radical (unpaired) electrons. The van der Waals surface area contributed by atoms with Crippen LogP contribution in [0.15, 0.2) is 36.4 Å². The topological polar surface area (TPSA) is 95.4 Å². The maximum Gasteiger partial charge on any atom is 0.251 e. The highest BCUT2D eigenvalue weighted by atomic mass is 35.5. The third kappa shape index (κ3) is 5.02. The first kappa shape index (κ1) is 24.5. The van der Waals surface area contributed by atoms with E-state index < -0.39 is 0 Å². The average Bonchev–Trinajstić information content (AvgIpc) is 3.41. The predicted octanol–water partition coefficient (Wildman–Crippen LogP) is 3.86. The van der Waals surface area contributed by atoms with Gasteiger partial charge in [0, 0.05) is 36.8 Å². The number of halogens is 1. The lowest BCUT2D eigenvalue weighted by molar-refractivity contribution is -0.131. The molecule has 5 rings (SSSR count). The third-order valence-electron chi connectivity index (χ3n) is 6.66. The smallest absolute Gasteiger partial charge is 0.251 e. The largest absolute Gasteiger partial charge is 0.343 e. The second-order valence-electron chi connectivity index (χ2n) is 9.21. The molecule has 36 heavy (non-hydrogen) atoms. The summed E-state index contributed by atoms with van der Waals surface area (Å²) in [5.74, 6) is 0.267. The molecule has 1 fully saturated rings. The standard InChI is InChI=1S/C25H28ClN7O2S/c1-31(2)17-8-10-33(11-9-17)22(34)14-27-23(35)15-4-7-20-19(12-15)28-24(32(20)3)30-25-29-18-6-5-16(26)13-21(18)36-25/h4-7,12-13,17H,8-11,14H2,1-3H3,(H,27,35)(H,28,29,30). The van der Waals surface area contributed by atoms with E-state index in [1.54, 1.807) is 12.1 Å². The maximum absolute atomic E-state index is 12.8. The van der Waals surface area contributed by atoms with Gasteiger partial charge in [0.05, 0.1) is 27.8 Å². The van der Waals surface area contributed by atoms with E-state index in [1.807, 2.05) is 40.8 Å². The monoisotopic (exact) mass is 525 g/mol. The van der Waals surface area contributed by atoms with E-state index in [0.717, 1.165) is 41.7 Å². The highest BCUT2D eigenvalue weighted by Crippen LogP contribution is 2.31. The lowest BCUT2D eigenvalue weighted by Gasteiger charge is -2.35. The molecule has 1 aliphatic heterocycles. The van der Waals surface area contributed by atoms with Gasteiger partial charge in [0.2, 0.25) is 11.9 Å². The lowest BCUT2D eigenvalue weighted by Crippen LogP contribution is -2.47. The van der Waals surface area contributed by atoms with Crippen LogP contribution in [0.25, 0.3) is 21.3 Å². The van der Waals surface area contributed by atoms with Crippen LogP contribution in [0.4, 0.5) is 11.1 Å². The van der Waals surface area contributed by atoms with Crippen LogP contribution in [-0.2, 0) is 11.8 Å². The van der Waals surface area contributed by atoms with Crippen molar-refractivity contribution in [3.63, 3.8) is 0 Å². The van der Waals surface area contributed by atoms with Gasteiger partial charge < -0.3 is 25.0 Å². The Bertz CT molecular complexity index is 1440. The second kappa shape index (κ2) is 10.0. The zero-order valence-electron chi connectivity index (χ0n) is 20.4. The fourth-order valence-corrected chi connectivity index (χ4v) is 5.64. The summed E-state index contributed by atoms with van der Waals surface area (Å²) in [5.41, 5.74) is 2.87. The zero-order chi connectivity index (χ0) is 25.4. The van der Waals surface area contributed by atoms with Crippen molar-refractivity contribution in [2.45, 2.75) is 18.9 Å². The van der Waals surface area contributed by atoms with E-state index in [0.29, 0.717) is 33.2 Å². The summed E-state index contributed by atoms with van der Waals surface area (Å²) in [5, 5.41) is 7.41. The maximum atomic E-state index is 12.8. The first-order valence-corrected chi connectivity index (χ1v) is 13.0. The van der Waals surface area contributed by atoms with E-state index >= 15 is 0 Å². The number of aryl methyl sites for hydroxylation is 1. The number of aromatic nitrogens is 3. The Hall–Kier alpha value is -3.21. The fraction of sp³-hybridized carbons (Fsp3) is 0.360. The Balaban J connectivity index is 1.24. The molecular formula is C25H28ClN7O2S. The molecule has 4 aromatic rings. The van der Waals surface area contributed by atoms with Gasteiger partial charge in [-0.3, -0.25) is 9.59 Å². The molecule has 0 spiro atoms. The third-order valence-corrected chi connectivity index (χ3v) is 7.83. The molecular weight excluding hydrogens is 498 g/mol. The Morgan fingerprint density at radius 3 is 2.64 bits per heavy atom. The van der Waals surface area contributed by atoms with Gasteiger partial charge in [-0.1, -0.05) is 22.9 Å². The number of hydrogen-bond acceptors (Lipinski definition) is 7. The Labute approximate surface area is 218 Å². The van der Waals surface area contributed by atoms with Crippen LogP contribution < -0.4 is 10.6 Å². The number of benzene rings is 2. The van der Waals surface area contributed by atoms with Crippen molar-refractivity contribution in [2.75, 3.05) is 39.0 Å². The summed E-state index contributed by atoms with van der Waals surface area (Å²) in [6, 6.07) is 11.4. The fourth-order valence-electron chi connectivity index (χ4n) is 4.50. The molecule has 3 heterocycles. The molecule has 9 nitrogen and oxygen atoms in total. The van der Waals surface area contributed by atoms with Crippen LogP contribution >= 0.6 is 22.9 Å². The number of likely N-dealkylation sites (tertiary alicyclic amines) is 1. The van der Waals surface area contributed by atoms with Crippen molar-refractivity contribution in [1.82, 2.24) is 29.7 Å². The number of amides is 2. The van der Waals surface area contributed by atoms with Crippen molar-refractivity contribution in [3.8, 4) is 0 Å². The number of thiazole rings is 1. The zero-order valence-corrected chi connectivity index (χ0v) is 22.0. The van der Waals surface area contributed by atoms with Crippen LogP contribution in [0.2, 0.25) is 5.02 Å². The minimum absolute atomic E-state index is 0.0137. The van der Waals surface area contributed by atoms with Gasteiger partial charge in [-0.15, -0.1) is 0 Å². The number of imidazole rings is 1. The summed E-state index contributed by atoms with van der Waals surface area (Å²) >= 11 is 7.58. The van der Waals surface area contributed by atoms with Crippen molar-refractivity contribution in [3.05, 3.63) is 47.0 Å². The summed E-state index contributed by atoms with van der Waals surface area (Å²) < 4.78 is 2.90. The number of anilines is 2. The molecule has 1 saturated heterocycles. The normalized spacial score (nSPS) is 14.6. The van der Waals surface area contributed by atoms with Crippen molar-refractivity contribution in [1.29, 1.82) is 0 Å². The summed E-state index contributed by atoms with van der Waals surface area (Å²) in [6.45, 7) is 1.42. The molecule has 2 aromatic carbocycles. The summed E-state index contributed by atoms with van der Waals surface area (Å²) in [4.78, 5) is 38.6. The van der Waals surface area contributed by atoms with Gasteiger partial charge in [0.15, 0.2) is 5.13 Å². The van der Waals surface area contributed by atoms with E-state index in [1.165, 1.54) is 11.3 Å². The number of rotatable bonds is 6. The molecule has 2 amide bonds. The van der Waals surface area contributed by atoms with Gasteiger partial charge >= 0.3 is 0 Å². The van der Waals surface area contributed by atoms with Gasteiger partial charge in [-0.2, -0.15) is 0 Å². The lowest BCUT2D eigenvalue weighted by atomic mass is 10.0. The Kier molecular flexibility index (Phi) is 6.83. The van der Waals surface area contributed by atoms with Crippen molar-refractivity contribution < 1.29 is 9.59 Å². The molecule has 0 bridgehead atoms. The van der Waals surface area contributed by atoms with E-state index in [2.05, 4.69) is 39.6 Å². The molecule has 0 atom stereocenters. The van der Waals surface area contributed by atoms with Gasteiger partial charge in [0.1, 0.15) is 0 Å². The minimum Gasteiger partial charge on any atom is -0.343 e. The quantitative estimate of drug-likeness (QED) is 0.397. The number of nitrogens with zero attached hydrogens (tertiary/aromatic N) is 5. The van der Waals surface area contributed by atoms with Crippen LogP contribution in [0, 0.1) is 0 Å². The molecule has 2 aromatic heterocycles. The van der Waals surface area contributed by atoms with Crippen LogP contribution in [0.1, 0.15) is 23.2 Å². The van der Waals surface area contributed by atoms with Crippen LogP contribution in [0.5, 0.6) is 0 Å². The highest BCUT2D eigenvalue weighted by Gasteiger charge is 2.24. The Morgan fingerprint density at radius 2 is 1.89 bits per heavy atom. The van der Waals surface area contributed by atoms with Crippen molar-refractivity contribution in [2.24, 2.45) is 7.05 Å². The van der Waals surface area contributed by atoms with Crippen LogP contribution in [-0.4, -0.2) is 75.9 Å². The number of piperidine rings is 1. The molecule has 2 N–H and O–H groups in total. The van der Waals surface area contributed by atoms with E-state index in [4.69, 9.17) is 11.6 Å². The van der Waals surface area contributed by atoms with Gasteiger partial charge in [-0.25, -0.2) is 9.97 Å². The second-order valence-corrected chi connectivity index (χ2v) is 10.7. The highest BCUT2D eigenvalue weighted by molar-refractivity contribution is 7.22. The molecule has 0 aliphatic carbocycles. The number of hydrogen-bond donors (Lipinski definition) is 2. The molecule has 188 valence electrons. The summed E-state index contributed by atoms with van der Waals surface area (Å²) in [7, 11) is 6.04. The molecule has 11 heteroatoms. The molecule has 0 unspecified atom stereocenters. The first-order chi connectivity index (χ1) is 17.3. The SMILES string of the molecule is CN(C)C1CCN(C(=O)CNC(=O)c2ccc3c(c2)nc(Nc2nc4ccc(Cl)cc4s2)n3C)CC1. The van der Waals surface area contributed by atoms with Gasteiger partial charge in [-0.05, 0) is 63.3 Å². The number of carbonyl (C=O) groups is 2. The van der Waals surface area contributed by atoms with Crippen LogP contribution in [0.3, 0.4) is 0 Å². The van der Waals surface area contributed by atoms with Crippen molar-refractivity contribution >= 4 is 67.1 Å². The van der Waals surface area contributed by atoms with E-state index in [9.17, 15) is 9.59 Å². The van der Waals surface area contributed by atoms with Gasteiger partial charge in [0.25, 0.3) is 5.91 Å². The predicted molar refractivity (Wildman–Crippen MR) is 144 cm³/mol. The molecule has 1 aliphatic rings. The summed E-state index contributed by atoms with van der Waals surface area (Å²) in [6.07, 6.45) is 1.90. The Morgan fingerprint density at radius 1 is 1.11 bits per heavy atom. The minimum atomic E-state index is -0.295.